The third-order valence-corrected chi connectivity index (χ3v) is 4.69. The van der Waals surface area contributed by atoms with Gasteiger partial charge in [-0.3, -0.25) is 9.05 Å². The summed E-state index contributed by atoms with van der Waals surface area (Å²) in [6, 6.07) is 0.129. The highest BCUT2D eigenvalue weighted by molar-refractivity contribution is 9.09. The van der Waals surface area contributed by atoms with Gasteiger partial charge in [-0.05, 0) is 20.3 Å². The van der Waals surface area contributed by atoms with E-state index in [1.807, 2.05) is 13.8 Å². The van der Waals surface area contributed by atoms with Crippen LogP contribution in [0.25, 0.3) is 0 Å². The smallest absolute Gasteiger partial charge is 0.297 e. The van der Waals surface area contributed by atoms with E-state index < -0.39 is 7.75 Å². The SMILES string of the molecule is CCCCC(CBr)NP(=O)(OCC)OCC. The van der Waals surface area contributed by atoms with E-state index in [1.54, 1.807) is 0 Å². The Bertz CT molecular complexity index is 206. The number of hydrogen-bond donors (Lipinski definition) is 1. The molecule has 98 valence electrons. The van der Waals surface area contributed by atoms with Crippen molar-refractivity contribution < 1.29 is 13.6 Å². The van der Waals surface area contributed by atoms with E-state index >= 15 is 0 Å². The number of alkyl halides is 1. The summed E-state index contributed by atoms with van der Waals surface area (Å²) in [5.74, 6) is 0. The average Bonchev–Trinajstić information content (AvgIpc) is 2.25. The molecule has 4 nitrogen and oxygen atoms in total. The average molecular weight is 316 g/mol. The van der Waals surface area contributed by atoms with Gasteiger partial charge >= 0.3 is 7.75 Å². The van der Waals surface area contributed by atoms with Gasteiger partial charge < -0.3 is 0 Å². The molecule has 0 amide bonds. The summed E-state index contributed by atoms with van der Waals surface area (Å²) in [5.41, 5.74) is 0. The molecule has 0 bridgehead atoms. The lowest BCUT2D eigenvalue weighted by molar-refractivity contribution is 0.207. The van der Waals surface area contributed by atoms with Crippen molar-refractivity contribution in [1.82, 2.24) is 5.09 Å². The normalized spacial score (nSPS) is 14.0. The second-order valence-corrected chi connectivity index (χ2v) is 5.87. The Balaban J connectivity index is 4.27. The van der Waals surface area contributed by atoms with Crippen molar-refractivity contribution in [2.24, 2.45) is 0 Å². The fourth-order valence-corrected chi connectivity index (χ4v) is 3.61. The topological polar surface area (TPSA) is 47.6 Å². The Morgan fingerprint density at radius 2 is 1.81 bits per heavy atom. The molecule has 1 atom stereocenters. The molecule has 0 fully saturated rings. The van der Waals surface area contributed by atoms with Crippen molar-refractivity contribution in [2.45, 2.75) is 46.1 Å². The van der Waals surface area contributed by atoms with E-state index in [-0.39, 0.29) is 6.04 Å². The van der Waals surface area contributed by atoms with E-state index in [0.717, 1.165) is 24.6 Å². The zero-order chi connectivity index (χ0) is 12.4. The molecule has 0 saturated carbocycles. The Labute approximate surface area is 107 Å². The molecule has 0 aromatic carbocycles. The molecule has 0 aromatic rings. The minimum Gasteiger partial charge on any atom is -0.297 e. The second kappa shape index (κ2) is 9.60. The van der Waals surface area contributed by atoms with Crippen LogP contribution in [0.3, 0.4) is 0 Å². The lowest BCUT2D eigenvalue weighted by Crippen LogP contribution is -2.29. The molecular weight excluding hydrogens is 293 g/mol. The molecule has 0 rings (SSSR count). The summed E-state index contributed by atoms with van der Waals surface area (Å²) in [6.07, 6.45) is 3.19. The van der Waals surface area contributed by atoms with Gasteiger partial charge in [0.25, 0.3) is 0 Å². The van der Waals surface area contributed by atoms with Crippen LogP contribution in [0.5, 0.6) is 0 Å². The quantitative estimate of drug-likeness (QED) is 0.493. The molecule has 0 heterocycles. The van der Waals surface area contributed by atoms with Gasteiger partial charge in [0.05, 0.1) is 13.2 Å². The van der Waals surface area contributed by atoms with Gasteiger partial charge in [-0.1, -0.05) is 35.7 Å². The molecule has 0 radical (unpaired) electrons. The van der Waals surface area contributed by atoms with Crippen molar-refractivity contribution in [1.29, 1.82) is 0 Å². The summed E-state index contributed by atoms with van der Waals surface area (Å²) in [7, 11) is -3.11. The van der Waals surface area contributed by atoms with Gasteiger partial charge in [-0.25, -0.2) is 9.65 Å². The third kappa shape index (κ3) is 7.02. The molecule has 1 N–H and O–H groups in total. The first-order chi connectivity index (χ1) is 7.61. The Morgan fingerprint density at radius 1 is 1.25 bits per heavy atom. The largest absolute Gasteiger partial charge is 0.405 e. The van der Waals surface area contributed by atoms with Gasteiger partial charge in [0.1, 0.15) is 0 Å². The van der Waals surface area contributed by atoms with Gasteiger partial charge in [-0.15, -0.1) is 0 Å². The van der Waals surface area contributed by atoms with Crippen molar-refractivity contribution in [3.63, 3.8) is 0 Å². The van der Waals surface area contributed by atoms with E-state index in [9.17, 15) is 4.57 Å². The highest BCUT2D eigenvalue weighted by Crippen LogP contribution is 2.44. The second-order valence-electron chi connectivity index (χ2n) is 3.46. The van der Waals surface area contributed by atoms with Crippen LogP contribution in [-0.4, -0.2) is 24.6 Å². The Kier molecular flexibility index (Phi) is 9.96. The standard InChI is InChI=1S/C10H23BrNO3P/c1-4-7-8-10(9-11)12-16(13,14-5-2)15-6-3/h10H,4-9H2,1-3H3,(H,12,13). The van der Waals surface area contributed by atoms with Gasteiger partial charge in [0, 0.05) is 11.4 Å². The van der Waals surface area contributed by atoms with Crippen LogP contribution in [0.1, 0.15) is 40.0 Å². The maximum atomic E-state index is 12.2. The van der Waals surface area contributed by atoms with E-state index in [2.05, 4.69) is 27.9 Å². The molecule has 0 aliphatic carbocycles. The minimum absolute atomic E-state index is 0.129. The van der Waals surface area contributed by atoms with Gasteiger partial charge in [0.2, 0.25) is 0 Å². The monoisotopic (exact) mass is 315 g/mol. The fraction of sp³-hybridized carbons (Fsp3) is 1.00. The summed E-state index contributed by atoms with van der Waals surface area (Å²) in [6.45, 7) is 6.52. The predicted octanol–water partition coefficient (Wildman–Crippen LogP) is 3.71. The minimum atomic E-state index is -3.11. The zero-order valence-corrected chi connectivity index (χ0v) is 12.9. The van der Waals surface area contributed by atoms with Crippen molar-refractivity contribution in [3.05, 3.63) is 0 Å². The molecule has 1 unspecified atom stereocenters. The Hall–Kier alpha value is 0.590. The number of nitrogens with one attached hydrogen (secondary N) is 1. The molecule has 0 aliphatic rings. The number of unbranched alkanes of at least 4 members (excludes halogenated alkanes) is 1. The zero-order valence-electron chi connectivity index (χ0n) is 10.4. The van der Waals surface area contributed by atoms with E-state index in [0.29, 0.717) is 13.2 Å². The summed E-state index contributed by atoms with van der Waals surface area (Å²) >= 11 is 3.41. The maximum Gasteiger partial charge on any atom is 0.405 e. The first-order valence-electron chi connectivity index (χ1n) is 5.84. The summed E-state index contributed by atoms with van der Waals surface area (Å²) < 4.78 is 22.5. The molecule has 0 spiro atoms. The molecule has 0 aromatic heterocycles. The van der Waals surface area contributed by atoms with Gasteiger partial charge in [0.15, 0.2) is 0 Å². The third-order valence-electron chi connectivity index (χ3n) is 2.03. The van der Waals surface area contributed by atoms with Crippen molar-refractivity contribution in [2.75, 3.05) is 18.5 Å². The van der Waals surface area contributed by atoms with Crippen LogP contribution >= 0.6 is 23.7 Å². The van der Waals surface area contributed by atoms with Crippen LogP contribution in [0.4, 0.5) is 0 Å². The number of hydrogen-bond acceptors (Lipinski definition) is 3. The van der Waals surface area contributed by atoms with Crippen LogP contribution in [0.15, 0.2) is 0 Å². The van der Waals surface area contributed by atoms with E-state index in [1.165, 1.54) is 0 Å². The maximum absolute atomic E-state index is 12.2. The highest BCUT2D eigenvalue weighted by atomic mass is 79.9. The highest BCUT2D eigenvalue weighted by Gasteiger charge is 2.26. The molecule has 16 heavy (non-hydrogen) atoms. The lowest BCUT2D eigenvalue weighted by Gasteiger charge is -2.23. The van der Waals surface area contributed by atoms with Gasteiger partial charge in [-0.2, -0.15) is 0 Å². The van der Waals surface area contributed by atoms with E-state index in [4.69, 9.17) is 9.05 Å². The fourth-order valence-electron chi connectivity index (χ4n) is 1.30. The van der Waals surface area contributed by atoms with Crippen LogP contribution in [0.2, 0.25) is 0 Å². The van der Waals surface area contributed by atoms with Crippen LogP contribution in [-0.2, 0) is 13.6 Å². The first kappa shape index (κ1) is 16.6. The molecule has 6 heteroatoms. The first-order valence-corrected chi connectivity index (χ1v) is 8.51. The van der Waals surface area contributed by atoms with Crippen molar-refractivity contribution in [3.8, 4) is 0 Å². The van der Waals surface area contributed by atoms with Crippen molar-refractivity contribution >= 4 is 23.7 Å². The number of rotatable bonds is 10. The molecular formula is C10H23BrNO3P. The number of halogens is 1. The summed E-state index contributed by atoms with van der Waals surface area (Å²) in [5, 5.41) is 3.73. The molecule has 0 aliphatic heterocycles. The van der Waals surface area contributed by atoms with Crippen LogP contribution in [0, 0.1) is 0 Å². The molecule has 0 saturated heterocycles. The predicted molar refractivity (Wildman–Crippen MR) is 71.1 cm³/mol. The summed E-state index contributed by atoms with van der Waals surface area (Å²) in [4.78, 5) is 0. The Morgan fingerprint density at radius 3 is 2.19 bits per heavy atom. The lowest BCUT2D eigenvalue weighted by atomic mass is 10.2. The van der Waals surface area contributed by atoms with Crippen LogP contribution < -0.4 is 5.09 Å².